The van der Waals surface area contributed by atoms with E-state index in [1.54, 1.807) is 0 Å². The van der Waals surface area contributed by atoms with E-state index in [9.17, 15) is 26.4 Å². The number of hydrogen-bond acceptors (Lipinski definition) is 4. The molecule has 0 aliphatic carbocycles. The lowest BCUT2D eigenvalue weighted by Crippen LogP contribution is -2.27. The van der Waals surface area contributed by atoms with Gasteiger partial charge in [0.2, 0.25) is 10.0 Å². The molecule has 0 spiro atoms. The molecule has 1 aliphatic heterocycles. The van der Waals surface area contributed by atoms with Gasteiger partial charge in [-0.05, 0) is 43.5 Å². The van der Waals surface area contributed by atoms with Gasteiger partial charge < -0.3 is 14.6 Å². The lowest BCUT2D eigenvalue weighted by atomic mass is 10.1. The Bertz CT molecular complexity index is 1060. The fourth-order valence-electron chi connectivity index (χ4n) is 3.31. The largest absolute Gasteiger partial charge is 0.491 e. The average molecular weight is 459 g/mol. The van der Waals surface area contributed by atoms with Crippen molar-refractivity contribution in [3.05, 3.63) is 41.7 Å². The monoisotopic (exact) mass is 459 g/mol. The highest BCUT2D eigenvalue weighted by molar-refractivity contribution is 7.89. The van der Waals surface area contributed by atoms with Crippen molar-refractivity contribution in [1.82, 2.24) is 8.87 Å². The summed E-state index contributed by atoms with van der Waals surface area (Å²) in [4.78, 5) is 12.8. The lowest BCUT2D eigenvalue weighted by molar-refractivity contribution is -0.137. The number of amides is 1. The Kier molecular flexibility index (Phi) is 6.65. The van der Waals surface area contributed by atoms with Crippen molar-refractivity contribution < 1.29 is 31.1 Å². The van der Waals surface area contributed by atoms with E-state index < -0.39 is 27.7 Å². The van der Waals surface area contributed by atoms with Crippen LogP contribution in [0.5, 0.6) is 5.75 Å². The van der Waals surface area contributed by atoms with E-state index in [0.29, 0.717) is 19.5 Å². The maximum atomic E-state index is 13.1. The van der Waals surface area contributed by atoms with Crippen molar-refractivity contribution in [2.45, 2.75) is 37.3 Å². The van der Waals surface area contributed by atoms with Crippen molar-refractivity contribution in [3.63, 3.8) is 0 Å². The molecule has 7 nitrogen and oxygen atoms in total. The van der Waals surface area contributed by atoms with Crippen LogP contribution in [0.1, 0.15) is 42.2 Å². The second kappa shape index (κ2) is 8.91. The number of nitrogens with one attached hydrogen (secondary N) is 1. The second-order valence-corrected chi connectivity index (χ2v) is 9.23. The molecule has 0 bridgehead atoms. The maximum absolute atomic E-state index is 13.1. The first kappa shape index (κ1) is 23.1. The number of benzene rings is 1. The minimum atomic E-state index is -4.59. The normalized spacial score (nSPS) is 15.3. The van der Waals surface area contributed by atoms with Gasteiger partial charge in [-0.15, -0.1) is 0 Å². The first-order valence-corrected chi connectivity index (χ1v) is 11.3. The van der Waals surface area contributed by atoms with Crippen LogP contribution >= 0.6 is 0 Å². The number of carbonyl (C=O) groups excluding carboxylic acids is 1. The highest BCUT2D eigenvalue weighted by atomic mass is 32.2. The minimum Gasteiger partial charge on any atom is -0.491 e. The van der Waals surface area contributed by atoms with E-state index in [1.165, 1.54) is 28.2 Å². The number of alkyl halides is 3. The van der Waals surface area contributed by atoms with Gasteiger partial charge in [0, 0.05) is 26.3 Å². The molecule has 1 N–H and O–H groups in total. The van der Waals surface area contributed by atoms with Gasteiger partial charge in [-0.25, -0.2) is 8.42 Å². The quantitative estimate of drug-likeness (QED) is 0.682. The molecule has 170 valence electrons. The molecule has 0 saturated carbocycles. The molecule has 1 aliphatic rings. The predicted molar refractivity (Wildman–Crippen MR) is 109 cm³/mol. The SMILES string of the molecule is CCCOc1ccc(C(F)(F)F)cc1NC(=O)c1cc(S(=O)(=O)N2CCCC2)cn1C. The van der Waals surface area contributed by atoms with Crippen LogP contribution < -0.4 is 10.1 Å². The topological polar surface area (TPSA) is 80.6 Å². The first-order valence-electron chi connectivity index (χ1n) is 9.86. The van der Waals surface area contributed by atoms with Gasteiger partial charge in [-0.2, -0.15) is 17.5 Å². The Morgan fingerprint density at radius 2 is 1.87 bits per heavy atom. The molecule has 2 aromatic rings. The fraction of sp³-hybridized carbons (Fsp3) is 0.450. The second-order valence-electron chi connectivity index (χ2n) is 7.29. The van der Waals surface area contributed by atoms with Crippen LogP contribution in [0.15, 0.2) is 35.4 Å². The zero-order valence-corrected chi connectivity index (χ0v) is 18.0. The van der Waals surface area contributed by atoms with Crippen LogP contribution in [0.25, 0.3) is 0 Å². The van der Waals surface area contributed by atoms with E-state index in [1.807, 2.05) is 6.92 Å². The molecular formula is C20H24F3N3O4S. The highest BCUT2D eigenvalue weighted by Crippen LogP contribution is 2.35. The Morgan fingerprint density at radius 1 is 1.19 bits per heavy atom. The fourth-order valence-corrected chi connectivity index (χ4v) is 4.90. The molecule has 1 fully saturated rings. The molecule has 1 amide bonds. The van der Waals surface area contributed by atoms with Crippen LogP contribution in [-0.2, 0) is 23.2 Å². The number of ether oxygens (including phenoxy) is 1. The summed E-state index contributed by atoms with van der Waals surface area (Å²) >= 11 is 0. The van der Waals surface area contributed by atoms with Crippen molar-refractivity contribution in [1.29, 1.82) is 0 Å². The van der Waals surface area contributed by atoms with Crippen molar-refractivity contribution in [3.8, 4) is 5.75 Å². The summed E-state index contributed by atoms with van der Waals surface area (Å²) in [5.74, 6) is -0.645. The van der Waals surface area contributed by atoms with Gasteiger partial charge in [0.15, 0.2) is 0 Å². The van der Waals surface area contributed by atoms with Crippen molar-refractivity contribution in [2.24, 2.45) is 7.05 Å². The highest BCUT2D eigenvalue weighted by Gasteiger charge is 2.32. The number of hydrogen-bond donors (Lipinski definition) is 1. The molecule has 3 rings (SSSR count). The van der Waals surface area contributed by atoms with E-state index in [4.69, 9.17) is 4.74 Å². The maximum Gasteiger partial charge on any atom is 0.416 e. The predicted octanol–water partition coefficient (Wildman–Crippen LogP) is 3.87. The first-order chi connectivity index (χ1) is 14.5. The number of anilines is 1. The molecule has 0 radical (unpaired) electrons. The van der Waals surface area contributed by atoms with Crippen LogP contribution in [0.2, 0.25) is 0 Å². The van der Waals surface area contributed by atoms with E-state index in [0.717, 1.165) is 31.0 Å². The van der Waals surface area contributed by atoms with Gasteiger partial charge in [-0.1, -0.05) is 6.92 Å². The van der Waals surface area contributed by atoms with Gasteiger partial charge in [-0.3, -0.25) is 4.79 Å². The summed E-state index contributed by atoms with van der Waals surface area (Å²) in [7, 11) is -2.24. The third kappa shape index (κ3) is 5.04. The van der Waals surface area contributed by atoms with Crippen LogP contribution in [0, 0.1) is 0 Å². The Labute approximate surface area is 178 Å². The van der Waals surface area contributed by atoms with Gasteiger partial charge in [0.05, 0.1) is 17.9 Å². The van der Waals surface area contributed by atoms with Crippen molar-refractivity contribution >= 4 is 21.6 Å². The van der Waals surface area contributed by atoms with Gasteiger partial charge >= 0.3 is 6.18 Å². The number of aryl methyl sites for hydroxylation is 1. The molecule has 2 heterocycles. The third-order valence-corrected chi connectivity index (χ3v) is 6.80. The van der Waals surface area contributed by atoms with Crippen LogP contribution in [0.4, 0.5) is 18.9 Å². The van der Waals surface area contributed by atoms with Gasteiger partial charge in [0.25, 0.3) is 5.91 Å². The average Bonchev–Trinajstić information content (AvgIpc) is 3.36. The molecule has 31 heavy (non-hydrogen) atoms. The number of halogens is 3. The number of aromatic nitrogens is 1. The van der Waals surface area contributed by atoms with Crippen LogP contribution in [-0.4, -0.2) is 42.9 Å². The molecule has 1 aromatic carbocycles. The number of sulfonamides is 1. The summed E-state index contributed by atoms with van der Waals surface area (Å²) in [6.45, 7) is 2.94. The Hall–Kier alpha value is -2.53. The molecule has 1 saturated heterocycles. The van der Waals surface area contributed by atoms with Crippen molar-refractivity contribution in [2.75, 3.05) is 25.0 Å². The smallest absolute Gasteiger partial charge is 0.416 e. The standard InChI is InChI=1S/C20H24F3N3O4S/c1-3-10-30-18-7-6-14(20(21,22)23)11-16(18)24-19(27)17-12-15(13-25(17)2)31(28,29)26-8-4-5-9-26/h6-7,11-13H,3-5,8-10H2,1-2H3,(H,24,27). The molecule has 11 heteroatoms. The van der Waals surface area contributed by atoms with E-state index in [2.05, 4.69) is 5.32 Å². The van der Waals surface area contributed by atoms with Crippen LogP contribution in [0.3, 0.4) is 0 Å². The summed E-state index contributed by atoms with van der Waals surface area (Å²) < 4.78 is 73.0. The minimum absolute atomic E-state index is 0.00312. The zero-order valence-electron chi connectivity index (χ0n) is 17.2. The summed E-state index contributed by atoms with van der Waals surface area (Å²) in [5, 5.41) is 2.43. The Morgan fingerprint density at radius 3 is 2.48 bits per heavy atom. The Balaban J connectivity index is 1.90. The molecular weight excluding hydrogens is 435 g/mol. The number of nitrogens with zero attached hydrogens (tertiary/aromatic N) is 2. The molecule has 0 unspecified atom stereocenters. The molecule has 0 atom stereocenters. The number of rotatable bonds is 7. The lowest BCUT2D eigenvalue weighted by Gasteiger charge is -2.15. The number of carbonyl (C=O) groups is 1. The van der Waals surface area contributed by atoms with E-state index >= 15 is 0 Å². The van der Waals surface area contributed by atoms with Gasteiger partial charge in [0.1, 0.15) is 16.3 Å². The third-order valence-electron chi connectivity index (χ3n) is 4.93. The molecule has 1 aromatic heterocycles. The summed E-state index contributed by atoms with van der Waals surface area (Å²) in [6, 6.07) is 4.06. The summed E-state index contributed by atoms with van der Waals surface area (Å²) in [5.41, 5.74) is -1.08. The zero-order chi connectivity index (χ0) is 22.8. The summed E-state index contributed by atoms with van der Waals surface area (Å²) in [6.07, 6.45) is -1.09. The van der Waals surface area contributed by atoms with E-state index in [-0.39, 0.29) is 28.6 Å².